The molecule has 0 aromatic carbocycles. The maximum atomic E-state index is 11.3. The summed E-state index contributed by atoms with van der Waals surface area (Å²) in [4.78, 5) is 25.7. The maximum Gasteiger partial charge on any atom is 0.313 e. The van der Waals surface area contributed by atoms with E-state index in [-0.39, 0.29) is 16.7 Å². The van der Waals surface area contributed by atoms with Gasteiger partial charge in [-0.15, -0.1) is 0 Å². The Bertz CT molecular complexity index is 508. The highest BCUT2D eigenvalue weighted by atomic mass is 32.2. The quantitative estimate of drug-likeness (QED) is 0.649. The topological polar surface area (TPSA) is 72.2 Å². The fourth-order valence-electron chi connectivity index (χ4n) is 2.12. The number of thioether (sulfide) groups is 1. The van der Waals surface area contributed by atoms with Gasteiger partial charge in [0, 0.05) is 18.8 Å². The Kier molecular flexibility index (Phi) is 3.75. The Balaban J connectivity index is 2.17. The van der Waals surface area contributed by atoms with Crippen molar-refractivity contribution in [3.05, 3.63) is 22.6 Å². The molecule has 1 aromatic heterocycles. The van der Waals surface area contributed by atoms with Crippen LogP contribution in [-0.2, 0) is 11.3 Å². The number of nitrogens with zero attached hydrogens (tertiary/aromatic N) is 2. The van der Waals surface area contributed by atoms with Crippen LogP contribution in [-0.4, -0.2) is 26.4 Å². The number of aliphatic carboxylic acids is 1. The van der Waals surface area contributed by atoms with Crippen LogP contribution in [0.2, 0.25) is 0 Å². The average Bonchev–Trinajstić information content (AvgIpc) is 2.27. The number of hydrogen-bond donors (Lipinski definition) is 1. The molecule has 0 amide bonds. The minimum Gasteiger partial charge on any atom is -0.481 e. The van der Waals surface area contributed by atoms with E-state index in [1.807, 2.05) is 4.57 Å². The van der Waals surface area contributed by atoms with Crippen LogP contribution in [0.15, 0.2) is 22.2 Å². The van der Waals surface area contributed by atoms with Crippen LogP contribution in [0.4, 0.5) is 0 Å². The van der Waals surface area contributed by atoms with Crippen molar-refractivity contribution in [2.75, 3.05) is 5.75 Å². The van der Waals surface area contributed by atoms with Crippen molar-refractivity contribution in [2.45, 2.75) is 37.9 Å². The summed E-state index contributed by atoms with van der Waals surface area (Å²) in [7, 11) is 0. The number of carbonyl (C=O) groups is 1. The van der Waals surface area contributed by atoms with E-state index in [0.29, 0.717) is 5.16 Å². The molecule has 5 nitrogen and oxygen atoms in total. The maximum absolute atomic E-state index is 11.3. The Morgan fingerprint density at radius 2 is 2.33 bits per heavy atom. The van der Waals surface area contributed by atoms with E-state index in [2.05, 4.69) is 11.9 Å². The zero-order valence-corrected chi connectivity index (χ0v) is 11.1. The highest BCUT2D eigenvalue weighted by Gasteiger charge is 2.32. The van der Waals surface area contributed by atoms with E-state index in [1.54, 1.807) is 6.20 Å². The molecule has 1 saturated carbocycles. The summed E-state index contributed by atoms with van der Waals surface area (Å²) in [5.74, 6) is -0.979. The summed E-state index contributed by atoms with van der Waals surface area (Å²) in [6, 6.07) is 1.42. The fraction of sp³-hybridized carbons (Fsp3) is 0.583. The number of hydrogen-bond acceptors (Lipinski definition) is 4. The highest BCUT2D eigenvalue weighted by molar-refractivity contribution is 7.99. The summed E-state index contributed by atoms with van der Waals surface area (Å²) in [5.41, 5.74) is -0.0622. The van der Waals surface area contributed by atoms with Crippen LogP contribution >= 0.6 is 11.8 Å². The summed E-state index contributed by atoms with van der Waals surface area (Å²) >= 11 is 1.10. The van der Waals surface area contributed by atoms with Gasteiger partial charge in [0.25, 0.3) is 5.56 Å². The third-order valence-electron chi connectivity index (χ3n) is 3.29. The monoisotopic (exact) mass is 268 g/mol. The lowest BCUT2D eigenvalue weighted by atomic mass is 9.70. The Labute approximate surface area is 109 Å². The van der Waals surface area contributed by atoms with E-state index < -0.39 is 5.97 Å². The van der Waals surface area contributed by atoms with Crippen LogP contribution in [0.3, 0.4) is 0 Å². The van der Waals surface area contributed by atoms with E-state index >= 15 is 0 Å². The standard InChI is InChI=1S/C12H16N2O3S/c1-12(4-2-5-12)8-14-6-3-9(15)13-11(14)18-7-10(16)17/h3,6H,2,4-5,7-8H2,1H3,(H,16,17). The Hall–Kier alpha value is -1.30. The van der Waals surface area contributed by atoms with Gasteiger partial charge in [-0.25, -0.2) is 0 Å². The van der Waals surface area contributed by atoms with Gasteiger partial charge in [0.1, 0.15) is 0 Å². The molecule has 0 atom stereocenters. The third-order valence-corrected chi connectivity index (χ3v) is 4.26. The molecule has 1 aromatic rings. The minimum atomic E-state index is -0.903. The summed E-state index contributed by atoms with van der Waals surface area (Å²) < 4.78 is 1.90. The van der Waals surface area contributed by atoms with E-state index in [9.17, 15) is 9.59 Å². The molecule has 0 bridgehead atoms. The van der Waals surface area contributed by atoms with Crippen molar-refractivity contribution in [3.8, 4) is 0 Å². The van der Waals surface area contributed by atoms with Crippen molar-refractivity contribution in [1.82, 2.24) is 9.55 Å². The van der Waals surface area contributed by atoms with Gasteiger partial charge in [0.2, 0.25) is 0 Å². The molecule has 18 heavy (non-hydrogen) atoms. The lowest BCUT2D eigenvalue weighted by molar-refractivity contribution is -0.133. The first kappa shape index (κ1) is 13.1. The van der Waals surface area contributed by atoms with Gasteiger partial charge in [-0.2, -0.15) is 4.98 Å². The van der Waals surface area contributed by atoms with Crippen molar-refractivity contribution < 1.29 is 9.90 Å². The zero-order valence-electron chi connectivity index (χ0n) is 10.3. The van der Waals surface area contributed by atoms with Gasteiger partial charge in [-0.1, -0.05) is 25.1 Å². The first-order valence-corrected chi connectivity index (χ1v) is 6.89. The van der Waals surface area contributed by atoms with Crippen molar-refractivity contribution in [2.24, 2.45) is 5.41 Å². The van der Waals surface area contributed by atoms with E-state index in [1.165, 1.54) is 25.3 Å². The van der Waals surface area contributed by atoms with Gasteiger partial charge in [-0.05, 0) is 18.3 Å². The van der Waals surface area contributed by atoms with Gasteiger partial charge in [0.15, 0.2) is 5.16 Å². The second-order valence-electron chi connectivity index (χ2n) is 5.02. The Morgan fingerprint density at radius 3 is 2.89 bits per heavy atom. The predicted octanol–water partition coefficient (Wildman–Crippen LogP) is 1.61. The molecule has 0 unspecified atom stereocenters. The molecule has 1 aliphatic carbocycles. The molecule has 0 radical (unpaired) electrons. The van der Waals surface area contributed by atoms with E-state index in [4.69, 9.17) is 5.11 Å². The lowest BCUT2D eigenvalue weighted by Gasteiger charge is -2.39. The van der Waals surface area contributed by atoms with Gasteiger partial charge >= 0.3 is 5.97 Å². The molecular weight excluding hydrogens is 252 g/mol. The normalized spacial score (nSPS) is 17.2. The molecule has 1 N–H and O–H groups in total. The van der Waals surface area contributed by atoms with Crippen LogP contribution in [0, 0.1) is 5.41 Å². The number of rotatable bonds is 5. The summed E-state index contributed by atoms with van der Waals surface area (Å²) in [5, 5.41) is 9.19. The smallest absolute Gasteiger partial charge is 0.313 e. The van der Waals surface area contributed by atoms with Crippen LogP contribution in [0.1, 0.15) is 26.2 Å². The van der Waals surface area contributed by atoms with Crippen LogP contribution in [0.5, 0.6) is 0 Å². The molecule has 0 saturated heterocycles. The van der Waals surface area contributed by atoms with Crippen molar-refractivity contribution in [1.29, 1.82) is 0 Å². The minimum absolute atomic E-state index is 0.0762. The lowest BCUT2D eigenvalue weighted by Crippen LogP contribution is -2.32. The largest absolute Gasteiger partial charge is 0.481 e. The SMILES string of the molecule is CC1(Cn2ccc(=O)nc2SCC(=O)O)CCC1. The summed E-state index contributed by atoms with van der Waals surface area (Å²) in [6.07, 6.45) is 5.29. The van der Waals surface area contributed by atoms with Crippen LogP contribution < -0.4 is 5.56 Å². The second kappa shape index (κ2) is 5.14. The number of carboxylic acids is 1. The predicted molar refractivity (Wildman–Crippen MR) is 68.8 cm³/mol. The number of aromatic nitrogens is 2. The molecule has 98 valence electrons. The number of carboxylic acid groups (broad SMARTS) is 1. The molecular formula is C12H16N2O3S. The third kappa shape index (κ3) is 3.13. The second-order valence-corrected chi connectivity index (χ2v) is 5.97. The summed E-state index contributed by atoms with van der Waals surface area (Å²) in [6.45, 7) is 3.00. The van der Waals surface area contributed by atoms with Crippen LogP contribution in [0.25, 0.3) is 0 Å². The Morgan fingerprint density at radius 1 is 1.61 bits per heavy atom. The molecule has 0 spiro atoms. The molecule has 6 heteroatoms. The first-order chi connectivity index (χ1) is 8.48. The first-order valence-electron chi connectivity index (χ1n) is 5.91. The van der Waals surface area contributed by atoms with Gasteiger partial charge in [0.05, 0.1) is 5.75 Å². The molecule has 0 aliphatic heterocycles. The van der Waals surface area contributed by atoms with Crippen molar-refractivity contribution in [3.63, 3.8) is 0 Å². The van der Waals surface area contributed by atoms with Gasteiger partial charge in [-0.3, -0.25) is 9.59 Å². The van der Waals surface area contributed by atoms with Gasteiger partial charge < -0.3 is 9.67 Å². The molecule has 1 heterocycles. The molecule has 1 aliphatic rings. The zero-order chi connectivity index (χ0) is 13.2. The molecule has 1 fully saturated rings. The average molecular weight is 268 g/mol. The van der Waals surface area contributed by atoms with E-state index in [0.717, 1.165) is 18.3 Å². The highest BCUT2D eigenvalue weighted by Crippen LogP contribution is 2.42. The fourth-order valence-corrected chi connectivity index (χ4v) is 2.82. The molecule has 2 rings (SSSR count). The van der Waals surface area contributed by atoms with Crippen molar-refractivity contribution >= 4 is 17.7 Å².